The van der Waals surface area contributed by atoms with Crippen LogP contribution >= 0.6 is 0 Å². The van der Waals surface area contributed by atoms with Gasteiger partial charge >= 0.3 is 0 Å². The third kappa shape index (κ3) is 2.55. The molecule has 1 atom stereocenters. The molecule has 1 aromatic heterocycles. The zero-order valence-electron chi connectivity index (χ0n) is 12.3. The first-order valence-corrected chi connectivity index (χ1v) is 6.99. The summed E-state index contributed by atoms with van der Waals surface area (Å²) in [6, 6.07) is 3.49. The van der Waals surface area contributed by atoms with Crippen LogP contribution in [0.1, 0.15) is 32.6 Å². The van der Waals surface area contributed by atoms with Gasteiger partial charge in [-0.05, 0) is 17.5 Å². The average Bonchev–Trinajstić information content (AvgIpc) is 2.79. The van der Waals surface area contributed by atoms with Crippen LogP contribution in [0.25, 0.3) is 11.4 Å². The van der Waals surface area contributed by atoms with E-state index in [-0.39, 0.29) is 11.5 Å². The van der Waals surface area contributed by atoms with Crippen molar-refractivity contribution in [2.45, 2.75) is 33.4 Å². The minimum atomic E-state index is -0.608. The van der Waals surface area contributed by atoms with Gasteiger partial charge in [0.25, 0.3) is 0 Å². The first kappa shape index (κ1) is 14.1. The topological polar surface area (TPSA) is 42.7 Å². The molecular weight excluding hydrogens is 274 g/mol. The van der Waals surface area contributed by atoms with Gasteiger partial charge < -0.3 is 9.88 Å². The summed E-state index contributed by atoms with van der Waals surface area (Å²) < 4.78 is 28.8. The second kappa shape index (κ2) is 4.87. The highest BCUT2D eigenvalue weighted by atomic mass is 19.1. The van der Waals surface area contributed by atoms with Crippen molar-refractivity contribution in [2.75, 3.05) is 6.54 Å². The fourth-order valence-corrected chi connectivity index (χ4v) is 2.75. The molecule has 0 fully saturated rings. The van der Waals surface area contributed by atoms with Crippen molar-refractivity contribution < 1.29 is 8.78 Å². The summed E-state index contributed by atoms with van der Waals surface area (Å²) in [6.45, 7) is 7.82. The van der Waals surface area contributed by atoms with Gasteiger partial charge in [-0.25, -0.2) is 8.78 Å². The van der Waals surface area contributed by atoms with Crippen molar-refractivity contribution in [3.8, 4) is 11.4 Å². The van der Waals surface area contributed by atoms with E-state index in [4.69, 9.17) is 0 Å². The average molecular weight is 292 g/mol. The molecule has 6 heteroatoms. The Morgan fingerprint density at radius 1 is 1.14 bits per heavy atom. The van der Waals surface area contributed by atoms with Gasteiger partial charge in [-0.1, -0.05) is 20.8 Å². The van der Waals surface area contributed by atoms with Gasteiger partial charge in [0.1, 0.15) is 11.6 Å². The molecule has 3 rings (SSSR count). The zero-order valence-corrected chi connectivity index (χ0v) is 12.3. The molecule has 112 valence electrons. The number of benzene rings is 1. The molecule has 0 radical (unpaired) electrons. The van der Waals surface area contributed by atoms with Crippen LogP contribution < -0.4 is 5.32 Å². The van der Waals surface area contributed by atoms with E-state index in [1.54, 1.807) is 0 Å². The fraction of sp³-hybridized carbons (Fsp3) is 0.467. The maximum absolute atomic E-state index is 13.4. The molecule has 1 aliphatic heterocycles. The highest BCUT2D eigenvalue weighted by molar-refractivity contribution is 5.55. The Labute approximate surface area is 122 Å². The van der Waals surface area contributed by atoms with Gasteiger partial charge in [-0.3, -0.25) is 0 Å². The monoisotopic (exact) mass is 292 g/mol. The normalized spacial score (nSPS) is 18.6. The first-order chi connectivity index (χ1) is 9.86. The van der Waals surface area contributed by atoms with Crippen LogP contribution in [-0.2, 0) is 6.54 Å². The molecule has 0 aliphatic carbocycles. The van der Waals surface area contributed by atoms with Gasteiger partial charge in [0.05, 0.1) is 6.04 Å². The Bertz CT molecular complexity index is 653. The van der Waals surface area contributed by atoms with Crippen molar-refractivity contribution in [1.82, 2.24) is 20.1 Å². The highest BCUT2D eigenvalue weighted by Crippen LogP contribution is 2.35. The second-order valence-electron chi connectivity index (χ2n) is 6.44. The van der Waals surface area contributed by atoms with E-state index in [9.17, 15) is 8.78 Å². The van der Waals surface area contributed by atoms with Crippen LogP contribution in [0.15, 0.2) is 18.2 Å². The molecule has 1 N–H and O–H groups in total. The summed E-state index contributed by atoms with van der Waals surface area (Å²) in [6.07, 6.45) is 0. The minimum Gasteiger partial charge on any atom is -0.308 e. The lowest BCUT2D eigenvalue weighted by Crippen LogP contribution is -2.40. The number of fused-ring (bicyclic) bond motifs is 1. The van der Waals surface area contributed by atoms with Gasteiger partial charge in [0.2, 0.25) is 0 Å². The lowest BCUT2D eigenvalue weighted by molar-refractivity contribution is 0.234. The summed E-state index contributed by atoms with van der Waals surface area (Å²) in [7, 11) is 0. The quantitative estimate of drug-likeness (QED) is 0.879. The molecule has 4 nitrogen and oxygen atoms in total. The summed E-state index contributed by atoms with van der Waals surface area (Å²) >= 11 is 0. The van der Waals surface area contributed by atoms with E-state index >= 15 is 0 Å². The van der Waals surface area contributed by atoms with Gasteiger partial charge in [-0.15, -0.1) is 10.2 Å². The highest BCUT2D eigenvalue weighted by Gasteiger charge is 2.34. The maximum Gasteiger partial charge on any atom is 0.164 e. The molecule has 21 heavy (non-hydrogen) atoms. The molecule has 1 unspecified atom stereocenters. The smallest absolute Gasteiger partial charge is 0.164 e. The predicted octanol–water partition coefficient (Wildman–Crippen LogP) is 2.91. The van der Waals surface area contributed by atoms with E-state index in [0.29, 0.717) is 17.9 Å². The number of rotatable bonds is 1. The van der Waals surface area contributed by atoms with Crippen molar-refractivity contribution in [3.63, 3.8) is 0 Å². The maximum atomic E-state index is 13.4. The Morgan fingerprint density at radius 3 is 2.43 bits per heavy atom. The number of hydrogen-bond donors (Lipinski definition) is 1. The van der Waals surface area contributed by atoms with Gasteiger partial charge in [-0.2, -0.15) is 0 Å². The van der Waals surface area contributed by atoms with Crippen molar-refractivity contribution in [2.24, 2.45) is 5.41 Å². The minimum absolute atomic E-state index is 0.0182. The molecular formula is C15H18F2N4. The Kier molecular flexibility index (Phi) is 3.28. The third-order valence-electron chi connectivity index (χ3n) is 3.71. The first-order valence-electron chi connectivity index (χ1n) is 6.99. The van der Waals surface area contributed by atoms with E-state index in [1.165, 1.54) is 12.1 Å². The molecule has 0 spiro atoms. The molecule has 2 aromatic rings. The number of halogens is 2. The molecule has 2 heterocycles. The Hall–Kier alpha value is -1.82. The number of nitrogens with one attached hydrogen (secondary N) is 1. The van der Waals surface area contributed by atoms with Crippen LogP contribution in [0.2, 0.25) is 0 Å². The molecule has 0 amide bonds. The van der Waals surface area contributed by atoms with Crippen molar-refractivity contribution in [1.29, 1.82) is 0 Å². The second-order valence-corrected chi connectivity index (χ2v) is 6.44. The Balaban J connectivity index is 2.09. The van der Waals surface area contributed by atoms with Crippen molar-refractivity contribution in [3.05, 3.63) is 35.7 Å². The number of nitrogens with zero attached hydrogens (tertiary/aromatic N) is 3. The third-order valence-corrected chi connectivity index (χ3v) is 3.71. The largest absolute Gasteiger partial charge is 0.308 e. The molecule has 0 bridgehead atoms. The summed E-state index contributed by atoms with van der Waals surface area (Å²) in [5, 5.41) is 11.8. The van der Waals surface area contributed by atoms with Crippen LogP contribution in [-0.4, -0.2) is 21.3 Å². The van der Waals surface area contributed by atoms with Crippen LogP contribution in [0.4, 0.5) is 8.78 Å². The standard InChI is InChI=1S/C15H18F2N4/c1-15(2,3)12-14-20-19-13(21(14)5-4-18-12)9-6-10(16)8-11(17)7-9/h6-8,12,18H,4-5H2,1-3H3. The Morgan fingerprint density at radius 2 is 1.81 bits per heavy atom. The number of hydrogen-bond acceptors (Lipinski definition) is 3. The lowest BCUT2D eigenvalue weighted by atomic mass is 9.85. The van der Waals surface area contributed by atoms with Crippen LogP contribution in [0.5, 0.6) is 0 Å². The van der Waals surface area contributed by atoms with Crippen molar-refractivity contribution >= 4 is 0 Å². The summed E-state index contributed by atoms with van der Waals surface area (Å²) in [5.41, 5.74) is 0.399. The predicted molar refractivity (Wildman–Crippen MR) is 75.6 cm³/mol. The molecule has 0 saturated carbocycles. The van der Waals surface area contributed by atoms with Gasteiger partial charge in [0, 0.05) is 24.7 Å². The SMILES string of the molecule is CC(C)(C)C1NCCn2c(-c3cc(F)cc(F)c3)nnc21. The van der Waals surface area contributed by atoms with E-state index in [1.807, 2.05) is 4.57 Å². The van der Waals surface area contributed by atoms with E-state index in [0.717, 1.165) is 18.4 Å². The lowest BCUT2D eigenvalue weighted by Gasteiger charge is -2.34. The fourth-order valence-electron chi connectivity index (χ4n) is 2.75. The van der Waals surface area contributed by atoms with E-state index < -0.39 is 11.6 Å². The number of aromatic nitrogens is 3. The van der Waals surface area contributed by atoms with Crippen LogP contribution in [0.3, 0.4) is 0 Å². The molecule has 1 aliphatic rings. The summed E-state index contributed by atoms with van der Waals surface area (Å²) in [5.74, 6) is 0.111. The summed E-state index contributed by atoms with van der Waals surface area (Å²) in [4.78, 5) is 0. The zero-order chi connectivity index (χ0) is 15.2. The molecule has 0 saturated heterocycles. The van der Waals surface area contributed by atoms with Gasteiger partial charge in [0.15, 0.2) is 11.6 Å². The molecule has 1 aromatic carbocycles. The van der Waals surface area contributed by atoms with Crippen LogP contribution in [0, 0.1) is 17.0 Å². The van der Waals surface area contributed by atoms with E-state index in [2.05, 4.69) is 36.3 Å².